The van der Waals surface area contributed by atoms with Crippen LogP contribution in [-0.4, -0.2) is 31.0 Å². The van der Waals surface area contributed by atoms with Crippen molar-refractivity contribution in [1.82, 2.24) is 14.8 Å². The minimum absolute atomic E-state index is 0.0405. The van der Waals surface area contributed by atoms with Gasteiger partial charge in [-0.1, -0.05) is 5.21 Å². The second-order valence-corrected chi connectivity index (χ2v) is 3.46. The first kappa shape index (κ1) is 11.1. The number of carbonyl (C=O) groups is 1. The Balaban J connectivity index is 2.63. The molecule has 0 atom stereocenters. The molecular formula is C10H9N3O4. The van der Waals surface area contributed by atoms with Crippen LogP contribution in [0.2, 0.25) is 0 Å². The summed E-state index contributed by atoms with van der Waals surface area (Å²) in [6, 6.07) is 2.81. The summed E-state index contributed by atoms with van der Waals surface area (Å²) in [4.78, 5) is 22.0. The first-order valence-electron chi connectivity index (χ1n) is 4.87. The van der Waals surface area contributed by atoms with Crippen molar-refractivity contribution in [2.45, 2.75) is 12.8 Å². The van der Waals surface area contributed by atoms with Gasteiger partial charge in [0.2, 0.25) is 5.43 Å². The summed E-state index contributed by atoms with van der Waals surface area (Å²) in [7, 11) is 0. The number of hydrogen-bond donors (Lipinski definition) is 2. The molecule has 0 spiro atoms. The molecule has 0 amide bonds. The highest BCUT2D eigenvalue weighted by atomic mass is 16.4. The first-order chi connectivity index (χ1) is 8.09. The highest BCUT2D eigenvalue weighted by Crippen LogP contribution is 2.00. The van der Waals surface area contributed by atoms with Crippen LogP contribution in [-0.2, 0) is 4.79 Å². The van der Waals surface area contributed by atoms with Gasteiger partial charge in [-0.25, -0.2) is 4.52 Å². The van der Waals surface area contributed by atoms with Crippen LogP contribution < -0.4 is 10.8 Å². The molecule has 0 aromatic carbocycles. The van der Waals surface area contributed by atoms with Gasteiger partial charge in [-0.05, 0) is 12.1 Å². The molecule has 0 bridgehead atoms. The molecule has 2 heterocycles. The molecule has 2 rings (SSSR count). The van der Waals surface area contributed by atoms with E-state index in [0.717, 1.165) is 0 Å². The van der Waals surface area contributed by atoms with Crippen LogP contribution in [0, 0.1) is 0 Å². The quantitative estimate of drug-likeness (QED) is 0.731. The molecule has 0 radical (unpaired) electrons. The van der Waals surface area contributed by atoms with E-state index in [1.54, 1.807) is 0 Å². The second kappa shape index (κ2) is 4.20. The highest BCUT2D eigenvalue weighted by Gasteiger charge is 2.07. The number of carboxylic acid groups (broad SMARTS) is 1. The molecule has 0 aliphatic heterocycles. The Morgan fingerprint density at radius 1 is 1.29 bits per heavy atom. The number of aliphatic carboxylic acids is 1. The van der Waals surface area contributed by atoms with E-state index in [9.17, 15) is 14.7 Å². The summed E-state index contributed by atoms with van der Waals surface area (Å²) in [5.41, 5.74) is 0.132. The standard InChI is InChI=1S/C10H9N3O4/c14-7-2-1-6-5-11-12-13(6)10(7)8(15)3-4-9(16)17/h1-2,5,15H,3-4H2,(H,16,17)/b10-8-. The Bertz CT molecular complexity index is 676. The summed E-state index contributed by atoms with van der Waals surface area (Å²) in [6.07, 6.45) is 1.06. The lowest BCUT2D eigenvalue weighted by molar-refractivity contribution is -0.136. The van der Waals surface area contributed by atoms with Crippen LogP contribution in [0.25, 0.3) is 11.3 Å². The van der Waals surface area contributed by atoms with Gasteiger partial charge in [0.05, 0.1) is 18.1 Å². The summed E-state index contributed by atoms with van der Waals surface area (Å²) in [6.45, 7) is 0. The number of hydrogen-bond acceptors (Lipinski definition) is 5. The summed E-state index contributed by atoms with van der Waals surface area (Å²) < 4.78 is 1.19. The molecule has 0 aliphatic carbocycles. The lowest BCUT2D eigenvalue weighted by Gasteiger charge is -1.98. The molecule has 2 aromatic rings. The molecule has 0 fully saturated rings. The topological polar surface area (TPSA) is 105 Å². The summed E-state index contributed by atoms with van der Waals surface area (Å²) in [5.74, 6) is -1.34. The van der Waals surface area contributed by atoms with Gasteiger partial charge in [0.25, 0.3) is 0 Å². The predicted octanol–water partition coefficient (Wildman–Crippen LogP) is -0.661. The minimum atomic E-state index is -1.05. The van der Waals surface area contributed by atoms with Gasteiger partial charge in [-0.2, -0.15) is 0 Å². The zero-order chi connectivity index (χ0) is 12.4. The Hall–Kier alpha value is -2.44. The zero-order valence-corrected chi connectivity index (χ0v) is 8.70. The smallest absolute Gasteiger partial charge is 0.303 e. The van der Waals surface area contributed by atoms with Gasteiger partial charge in [0.15, 0.2) is 5.35 Å². The van der Waals surface area contributed by atoms with Gasteiger partial charge < -0.3 is 10.2 Å². The fourth-order valence-electron chi connectivity index (χ4n) is 1.48. The van der Waals surface area contributed by atoms with Crippen molar-refractivity contribution in [3.63, 3.8) is 0 Å². The summed E-state index contributed by atoms with van der Waals surface area (Å²) in [5, 5.41) is 25.5. The van der Waals surface area contributed by atoms with Crippen molar-refractivity contribution in [3.8, 4) is 0 Å². The third-order valence-electron chi connectivity index (χ3n) is 2.28. The first-order valence-corrected chi connectivity index (χ1v) is 4.87. The molecule has 0 saturated heterocycles. The number of pyridine rings is 1. The molecule has 0 saturated carbocycles. The Labute approximate surface area is 94.6 Å². The van der Waals surface area contributed by atoms with Crippen LogP contribution in [0.5, 0.6) is 0 Å². The molecule has 17 heavy (non-hydrogen) atoms. The van der Waals surface area contributed by atoms with Gasteiger partial charge in [0, 0.05) is 6.42 Å². The van der Waals surface area contributed by atoms with Crippen LogP contribution in [0.4, 0.5) is 0 Å². The maximum Gasteiger partial charge on any atom is 0.303 e. The van der Waals surface area contributed by atoms with E-state index in [-0.39, 0.29) is 23.9 Å². The van der Waals surface area contributed by atoms with Gasteiger partial charge in [0.1, 0.15) is 5.76 Å². The van der Waals surface area contributed by atoms with E-state index in [1.807, 2.05) is 0 Å². The molecule has 2 N–H and O–H groups in total. The Morgan fingerprint density at radius 2 is 2.06 bits per heavy atom. The average molecular weight is 235 g/mol. The van der Waals surface area contributed by atoms with Crippen molar-refractivity contribution in [1.29, 1.82) is 0 Å². The third kappa shape index (κ3) is 2.07. The number of rotatable bonds is 3. The number of aliphatic hydroxyl groups excluding tert-OH is 1. The number of aromatic nitrogens is 3. The van der Waals surface area contributed by atoms with Crippen molar-refractivity contribution < 1.29 is 15.0 Å². The molecule has 7 heteroatoms. The number of aliphatic hydroxyl groups is 1. The molecule has 0 aliphatic rings. The van der Waals surface area contributed by atoms with Gasteiger partial charge in [-0.15, -0.1) is 5.10 Å². The number of fused-ring (bicyclic) bond motifs is 1. The zero-order valence-electron chi connectivity index (χ0n) is 8.70. The van der Waals surface area contributed by atoms with Crippen molar-refractivity contribution in [2.75, 3.05) is 0 Å². The Kier molecular flexibility index (Phi) is 2.73. The normalized spacial score (nSPS) is 12.7. The maximum absolute atomic E-state index is 11.6. The molecule has 7 nitrogen and oxygen atoms in total. The monoisotopic (exact) mass is 235 g/mol. The van der Waals surface area contributed by atoms with E-state index in [2.05, 4.69) is 10.3 Å². The van der Waals surface area contributed by atoms with E-state index in [4.69, 9.17) is 5.11 Å². The average Bonchev–Trinajstić information content (AvgIpc) is 2.73. The van der Waals surface area contributed by atoms with Crippen LogP contribution in [0.1, 0.15) is 12.8 Å². The van der Waals surface area contributed by atoms with Crippen molar-refractivity contribution in [3.05, 3.63) is 33.9 Å². The second-order valence-electron chi connectivity index (χ2n) is 3.46. The Morgan fingerprint density at radius 3 is 2.76 bits per heavy atom. The largest absolute Gasteiger partial charge is 0.510 e. The third-order valence-corrected chi connectivity index (χ3v) is 2.28. The van der Waals surface area contributed by atoms with Crippen molar-refractivity contribution in [2.24, 2.45) is 0 Å². The lowest BCUT2D eigenvalue weighted by Crippen LogP contribution is -2.33. The maximum atomic E-state index is 11.6. The molecular weight excluding hydrogens is 226 g/mol. The molecule has 88 valence electrons. The molecule has 0 unspecified atom stereocenters. The number of nitrogens with zero attached hydrogens (tertiary/aromatic N) is 3. The fraction of sp³-hybridized carbons (Fsp3) is 0.200. The van der Waals surface area contributed by atoms with Crippen LogP contribution in [0.15, 0.2) is 23.1 Å². The van der Waals surface area contributed by atoms with Gasteiger partial charge >= 0.3 is 5.97 Å². The van der Waals surface area contributed by atoms with E-state index >= 15 is 0 Å². The van der Waals surface area contributed by atoms with E-state index in [1.165, 1.54) is 22.8 Å². The summed E-state index contributed by atoms with van der Waals surface area (Å²) >= 11 is 0. The van der Waals surface area contributed by atoms with Gasteiger partial charge in [-0.3, -0.25) is 9.59 Å². The minimum Gasteiger partial charge on any atom is -0.510 e. The lowest BCUT2D eigenvalue weighted by atomic mass is 10.2. The van der Waals surface area contributed by atoms with Crippen molar-refractivity contribution >= 4 is 17.2 Å². The van der Waals surface area contributed by atoms with Crippen LogP contribution >= 0.6 is 0 Å². The number of carboxylic acids is 1. The highest BCUT2D eigenvalue weighted by molar-refractivity contribution is 5.68. The van der Waals surface area contributed by atoms with E-state index < -0.39 is 11.4 Å². The fourth-order valence-corrected chi connectivity index (χ4v) is 1.48. The predicted molar refractivity (Wildman–Crippen MR) is 57.4 cm³/mol. The van der Waals surface area contributed by atoms with Crippen LogP contribution in [0.3, 0.4) is 0 Å². The van der Waals surface area contributed by atoms with E-state index in [0.29, 0.717) is 5.52 Å². The molecule has 2 aromatic heterocycles. The SMILES string of the molecule is O=C(O)CC/C(O)=c1\c(=O)ccc2cnnn12.